The third-order valence-electron chi connectivity index (χ3n) is 5.90. The fourth-order valence-electron chi connectivity index (χ4n) is 4.12. The van der Waals surface area contributed by atoms with E-state index in [0.717, 1.165) is 18.7 Å². The van der Waals surface area contributed by atoms with Crippen molar-refractivity contribution in [3.05, 3.63) is 59.3 Å². The van der Waals surface area contributed by atoms with Crippen molar-refractivity contribution in [2.24, 2.45) is 0 Å². The maximum Gasteiger partial charge on any atom is 0.278 e. The van der Waals surface area contributed by atoms with Crippen LogP contribution in [0, 0.1) is 6.92 Å². The van der Waals surface area contributed by atoms with Crippen molar-refractivity contribution >= 4 is 23.1 Å². The first kappa shape index (κ1) is 22.8. The highest BCUT2D eigenvalue weighted by Gasteiger charge is 2.40. The minimum atomic E-state index is -0.363. The average molecular weight is 452 g/mol. The molecule has 174 valence electrons. The predicted octanol–water partition coefficient (Wildman–Crippen LogP) is 2.54. The van der Waals surface area contributed by atoms with Gasteiger partial charge in [0.1, 0.15) is 17.2 Å². The molecule has 0 aromatic heterocycles. The van der Waals surface area contributed by atoms with E-state index in [1.54, 1.807) is 26.4 Å². The van der Waals surface area contributed by atoms with Crippen LogP contribution in [0.4, 0.5) is 5.69 Å². The second-order valence-electron chi connectivity index (χ2n) is 7.99. The number of aryl methyl sites for hydroxylation is 1. The van der Waals surface area contributed by atoms with E-state index in [1.807, 2.05) is 37.3 Å². The van der Waals surface area contributed by atoms with Gasteiger partial charge in [-0.2, -0.15) is 0 Å². The number of methoxy groups -OCH3 is 2. The first-order valence-electron chi connectivity index (χ1n) is 11.0. The minimum absolute atomic E-state index is 0.218. The van der Waals surface area contributed by atoms with Crippen LogP contribution >= 0.6 is 0 Å². The Bertz CT molecular complexity index is 1080. The Labute approximate surface area is 193 Å². The van der Waals surface area contributed by atoms with Crippen molar-refractivity contribution in [1.82, 2.24) is 9.80 Å². The third kappa shape index (κ3) is 4.72. The van der Waals surface area contributed by atoms with Gasteiger partial charge in [0.05, 0.1) is 38.7 Å². The van der Waals surface area contributed by atoms with Crippen LogP contribution < -0.4 is 14.8 Å². The number of hydrogen-bond acceptors (Lipinski definition) is 7. The summed E-state index contributed by atoms with van der Waals surface area (Å²) in [6.07, 6.45) is 0. The van der Waals surface area contributed by atoms with E-state index in [-0.39, 0.29) is 17.5 Å². The van der Waals surface area contributed by atoms with E-state index in [2.05, 4.69) is 10.2 Å². The fourth-order valence-corrected chi connectivity index (χ4v) is 4.12. The average Bonchev–Trinajstić information content (AvgIpc) is 3.07. The van der Waals surface area contributed by atoms with Crippen LogP contribution in [0.5, 0.6) is 11.5 Å². The molecule has 0 aliphatic carbocycles. The summed E-state index contributed by atoms with van der Waals surface area (Å²) < 4.78 is 16.4. The SMILES string of the molecule is COc1ccc(C)cc1NC1=C(c2ccccc2OC)C(=O)N(CCN2CCOCC2)C1=O. The molecule has 1 saturated heterocycles. The standard InChI is InChI=1S/C25H29N3O5/c1-17-8-9-21(32-3)19(16-17)26-23-22(18-6-4-5-7-20(18)31-2)24(29)28(25(23)30)11-10-27-12-14-33-15-13-27/h4-9,16,26H,10-15H2,1-3H3. The number of ether oxygens (including phenoxy) is 3. The second kappa shape index (κ2) is 10.1. The molecule has 2 amide bonds. The first-order valence-corrected chi connectivity index (χ1v) is 11.0. The van der Waals surface area contributed by atoms with Gasteiger partial charge in [-0.3, -0.25) is 19.4 Å². The van der Waals surface area contributed by atoms with Gasteiger partial charge < -0.3 is 19.5 Å². The molecule has 2 aromatic carbocycles. The van der Waals surface area contributed by atoms with Crippen molar-refractivity contribution in [3.63, 3.8) is 0 Å². The lowest BCUT2D eigenvalue weighted by atomic mass is 10.0. The third-order valence-corrected chi connectivity index (χ3v) is 5.90. The summed E-state index contributed by atoms with van der Waals surface area (Å²) in [7, 11) is 3.12. The fraction of sp³-hybridized carbons (Fsp3) is 0.360. The summed E-state index contributed by atoms with van der Waals surface area (Å²) in [5.41, 5.74) is 2.70. The molecule has 4 rings (SSSR count). The summed E-state index contributed by atoms with van der Waals surface area (Å²) >= 11 is 0. The molecule has 2 aliphatic heterocycles. The molecule has 1 N–H and O–H groups in total. The van der Waals surface area contributed by atoms with E-state index in [0.29, 0.717) is 54.6 Å². The van der Waals surface area contributed by atoms with Crippen molar-refractivity contribution in [1.29, 1.82) is 0 Å². The van der Waals surface area contributed by atoms with E-state index in [9.17, 15) is 9.59 Å². The van der Waals surface area contributed by atoms with Crippen LogP contribution in [-0.4, -0.2) is 75.2 Å². The summed E-state index contributed by atoms with van der Waals surface area (Å²) in [4.78, 5) is 30.6. The smallest absolute Gasteiger partial charge is 0.278 e. The number of anilines is 1. The van der Waals surface area contributed by atoms with Crippen molar-refractivity contribution < 1.29 is 23.8 Å². The molecule has 1 fully saturated rings. The highest BCUT2D eigenvalue weighted by Crippen LogP contribution is 2.37. The van der Waals surface area contributed by atoms with E-state index < -0.39 is 0 Å². The van der Waals surface area contributed by atoms with Gasteiger partial charge >= 0.3 is 0 Å². The zero-order chi connectivity index (χ0) is 23.4. The van der Waals surface area contributed by atoms with Gasteiger partial charge in [-0.1, -0.05) is 24.3 Å². The minimum Gasteiger partial charge on any atom is -0.496 e. The molecule has 2 aliphatic rings. The number of amides is 2. The second-order valence-corrected chi connectivity index (χ2v) is 7.99. The van der Waals surface area contributed by atoms with Crippen LogP contribution in [0.15, 0.2) is 48.2 Å². The van der Waals surface area contributed by atoms with Gasteiger partial charge in [0.2, 0.25) is 0 Å². The van der Waals surface area contributed by atoms with E-state index in [4.69, 9.17) is 14.2 Å². The van der Waals surface area contributed by atoms with Crippen LogP contribution in [0.25, 0.3) is 5.57 Å². The van der Waals surface area contributed by atoms with E-state index >= 15 is 0 Å². The topological polar surface area (TPSA) is 80.3 Å². The van der Waals surface area contributed by atoms with Crippen molar-refractivity contribution in [2.75, 3.05) is 58.9 Å². The highest BCUT2D eigenvalue weighted by molar-refractivity contribution is 6.37. The van der Waals surface area contributed by atoms with Crippen molar-refractivity contribution in [2.45, 2.75) is 6.92 Å². The summed E-state index contributed by atoms with van der Waals surface area (Å²) in [6, 6.07) is 12.9. The number of hydrogen-bond donors (Lipinski definition) is 1. The van der Waals surface area contributed by atoms with Gasteiger partial charge in [0.15, 0.2) is 0 Å². The molecule has 33 heavy (non-hydrogen) atoms. The number of rotatable bonds is 8. The summed E-state index contributed by atoms with van der Waals surface area (Å²) in [5, 5.41) is 3.20. The Morgan fingerprint density at radius 2 is 1.67 bits per heavy atom. The Morgan fingerprint density at radius 1 is 0.939 bits per heavy atom. The highest BCUT2D eigenvalue weighted by atomic mass is 16.5. The number of benzene rings is 2. The molecular weight excluding hydrogens is 422 g/mol. The Hall–Kier alpha value is -3.36. The number of carbonyl (C=O) groups is 2. The largest absolute Gasteiger partial charge is 0.496 e. The van der Waals surface area contributed by atoms with Gasteiger partial charge in [0.25, 0.3) is 11.8 Å². The molecule has 0 spiro atoms. The monoisotopic (exact) mass is 451 g/mol. The number of para-hydroxylation sites is 1. The molecule has 0 radical (unpaired) electrons. The molecule has 8 nitrogen and oxygen atoms in total. The van der Waals surface area contributed by atoms with Gasteiger partial charge in [0, 0.05) is 31.7 Å². The number of carbonyl (C=O) groups excluding carboxylic acids is 2. The molecule has 0 bridgehead atoms. The van der Waals surface area contributed by atoms with Gasteiger partial charge in [-0.15, -0.1) is 0 Å². The maximum atomic E-state index is 13.6. The van der Waals surface area contributed by atoms with Crippen LogP contribution in [-0.2, 0) is 14.3 Å². The zero-order valence-corrected chi connectivity index (χ0v) is 19.2. The Morgan fingerprint density at radius 3 is 2.39 bits per heavy atom. The van der Waals surface area contributed by atoms with Gasteiger partial charge in [-0.25, -0.2) is 0 Å². The van der Waals surface area contributed by atoms with Crippen LogP contribution in [0.3, 0.4) is 0 Å². The van der Waals surface area contributed by atoms with E-state index in [1.165, 1.54) is 4.90 Å². The number of imide groups is 1. The maximum absolute atomic E-state index is 13.6. The molecule has 8 heteroatoms. The Balaban J connectivity index is 1.71. The van der Waals surface area contributed by atoms with Crippen LogP contribution in [0.1, 0.15) is 11.1 Å². The Kier molecular flexibility index (Phi) is 6.96. The molecular formula is C25H29N3O5. The molecule has 0 unspecified atom stereocenters. The van der Waals surface area contributed by atoms with Crippen molar-refractivity contribution in [3.8, 4) is 11.5 Å². The summed E-state index contributed by atoms with van der Waals surface area (Å²) in [5.74, 6) is 0.406. The first-order chi connectivity index (χ1) is 16.0. The molecule has 0 saturated carbocycles. The number of nitrogens with zero attached hydrogens (tertiary/aromatic N) is 2. The normalized spacial score (nSPS) is 17.0. The molecule has 2 heterocycles. The predicted molar refractivity (Wildman–Crippen MR) is 125 cm³/mol. The number of morpholine rings is 1. The lowest BCUT2D eigenvalue weighted by Crippen LogP contribution is -2.43. The number of nitrogens with one attached hydrogen (secondary N) is 1. The lowest BCUT2D eigenvalue weighted by molar-refractivity contribution is -0.137. The van der Waals surface area contributed by atoms with Crippen LogP contribution in [0.2, 0.25) is 0 Å². The quantitative estimate of drug-likeness (QED) is 0.618. The van der Waals surface area contributed by atoms with Gasteiger partial charge in [-0.05, 0) is 30.7 Å². The molecule has 2 aromatic rings. The lowest BCUT2D eigenvalue weighted by Gasteiger charge is -2.28. The zero-order valence-electron chi connectivity index (χ0n) is 19.2. The molecule has 0 atom stereocenters. The summed E-state index contributed by atoms with van der Waals surface area (Å²) in [6.45, 7) is 5.74.